The summed E-state index contributed by atoms with van der Waals surface area (Å²) in [6.07, 6.45) is 0. The van der Waals surface area contributed by atoms with Gasteiger partial charge in [-0.1, -0.05) is 26.0 Å². The van der Waals surface area contributed by atoms with E-state index in [1.165, 1.54) is 0 Å². The lowest BCUT2D eigenvalue weighted by Gasteiger charge is -2.18. The highest BCUT2D eigenvalue weighted by atomic mass is 16.5. The number of methoxy groups -OCH3 is 1. The molecular formula is C14H22N2O2. The normalized spacial score (nSPS) is 12.3. The Kier molecular flexibility index (Phi) is 5.65. The van der Waals surface area contributed by atoms with Crippen LogP contribution in [0.15, 0.2) is 24.3 Å². The van der Waals surface area contributed by atoms with E-state index in [4.69, 9.17) is 4.74 Å². The Balaban J connectivity index is 2.83. The van der Waals surface area contributed by atoms with Crippen molar-refractivity contribution in [3.8, 4) is 5.75 Å². The summed E-state index contributed by atoms with van der Waals surface area (Å²) in [6.45, 7) is 4.76. The van der Waals surface area contributed by atoms with Gasteiger partial charge in [-0.3, -0.25) is 4.79 Å². The number of hydrogen-bond donors (Lipinski definition) is 2. The molecule has 0 aliphatic rings. The molecule has 0 aliphatic carbocycles. The number of carbonyl (C=O) groups excluding carboxylic acids is 1. The van der Waals surface area contributed by atoms with Crippen LogP contribution < -0.4 is 15.4 Å². The quantitative estimate of drug-likeness (QED) is 0.805. The van der Waals surface area contributed by atoms with Gasteiger partial charge in [-0.15, -0.1) is 0 Å². The molecule has 2 N–H and O–H groups in total. The molecule has 0 fully saturated rings. The Hall–Kier alpha value is -1.55. The van der Waals surface area contributed by atoms with Crippen molar-refractivity contribution in [3.05, 3.63) is 29.8 Å². The molecule has 0 saturated carbocycles. The van der Waals surface area contributed by atoms with Crippen LogP contribution in [0.5, 0.6) is 5.75 Å². The second kappa shape index (κ2) is 7.01. The SMILES string of the molecule is CNC(=O)C(CNC(C)C)c1ccc(OC)cc1. The molecule has 0 radical (unpaired) electrons. The zero-order chi connectivity index (χ0) is 13.5. The van der Waals surface area contributed by atoms with Gasteiger partial charge in [0.2, 0.25) is 5.91 Å². The van der Waals surface area contributed by atoms with E-state index in [0.29, 0.717) is 12.6 Å². The minimum absolute atomic E-state index is 0.0216. The molecule has 0 aliphatic heterocycles. The van der Waals surface area contributed by atoms with Crippen LogP contribution in [0.4, 0.5) is 0 Å². The van der Waals surface area contributed by atoms with Gasteiger partial charge < -0.3 is 15.4 Å². The van der Waals surface area contributed by atoms with E-state index in [1.54, 1.807) is 14.2 Å². The predicted octanol–water partition coefficient (Wildman–Crippen LogP) is 1.52. The molecule has 4 nitrogen and oxygen atoms in total. The van der Waals surface area contributed by atoms with E-state index >= 15 is 0 Å². The number of ether oxygens (including phenoxy) is 1. The molecular weight excluding hydrogens is 228 g/mol. The number of carbonyl (C=O) groups is 1. The lowest BCUT2D eigenvalue weighted by Crippen LogP contribution is -2.36. The smallest absolute Gasteiger partial charge is 0.228 e. The van der Waals surface area contributed by atoms with E-state index in [-0.39, 0.29) is 11.8 Å². The largest absolute Gasteiger partial charge is 0.497 e. The molecule has 1 rings (SSSR count). The fourth-order valence-electron chi connectivity index (χ4n) is 1.73. The van der Waals surface area contributed by atoms with Crippen molar-refractivity contribution < 1.29 is 9.53 Å². The highest BCUT2D eigenvalue weighted by Crippen LogP contribution is 2.19. The number of likely N-dealkylation sites (N-methyl/N-ethyl adjacent to an activating group) is 1. The number of hydrogen-bond acceptors (Lipinski definition) is 3. The van der Waals surface area contributed by atoms with Gasteiger partial charge >= 0.3 is 0 Å². The van der Waals surface area contributed by atoms with E-state index in [2.05, 4.69) is 24.5 Å². The van der Waals surface area contributed by atoms with Crippen molar-refractivity contribution >= 4 is 5.91 Å². The zero-order valence-electron chi connectivity index (χ0n) is 11.5. The highest BCUT2D eigenvalue weighted by Gasteiger charge is 2.19. The maximum Gasteiger partial charge on any atom is 0.228 e. The van der Waals surface area contributed by atoms with Crippen LogP contribution in [0.3, 0.4) is 0 Å². The molecule has 4 heteroatoms. The Morgan fingerprint density at radius 1 is 1.28 bits per heavy atom. The molecule has 0 spiro atoms. The second-order valence-corrected chi connectivity index (χ2v) is 4.50. The first-order valence-electron chi connectivity index (χ1n) is 6.17. The van der Waals surface area contributed by atoms with Gasteiger partial charge in [0.15, 0.2) is 0 Å². The molecule has 1 amide bonds. The van der Waals surface area contributed by atoms with Crippen molar-refractivity contribution in [1.82, 2.24) is 10.6 Å². The first-order valence-corrected chi connectivity index (χ1v) is 6.17. The van der Waals surface area contributed by atoms with Gasteiger partial charge in [-0.2, -0.15) is 0 Å². The molecule has 1 unspecified atom stereocenters. The van der Waals surface area contributed by atoms with Gasteiger partial charge in [0.25, 0.3) is 0 Å². The molecule has 0 bridgehead atoms. The Morgan fingerprint density at radius 3 is 2.33 bits per heavy atom. The van der Waals surface area contributed by atoms with Crippen LogP contribution in [0.1, 0.15) is 25.3 Å². The second-order valence-electron chi connectivity index (χ2n) is 4.50. The number of rotatable bonds is 6. The van der Waals surface area contributed by atoms with Gasteiger partial charge in [-0.25, -0.2) is 0 Å². The molecule has 100 valence electrons. The van der Waals surface area contributed by atoms with Crippen molar-refractivity contribution in [3.63, 3.8) is 0 Å². The van der Waals surface area contributed by atoms with Gasteiger partial charge in [0.05, 0.1) is 13.0 Å². The molecule has 0 aromatic heterocycles. The van der Waals surface area contributed by atoms with Crippen LogP contribution in [0, 0.1) is 0 Å². The van der Waals surface area contributed by atoms with E-state index in [1.807, 2.05) is 24.3 Å². The fraction of sp³-hybridized carbons (Fsp3) is 0.500. The summed E-state index contributed by atoms with van der Waals surface area (Å²) in [5.41, 5.74) is 0.989. The lowest BCUT2D eigenvalue weighted by molar-refractivity contribution is -0.122. The number of amides is 1. The van der Waals surface area contributed by atoms with Crippen LogP contribution >= 0.6 is 0 Å². The molecule has 0 heterocycles. The predicted molar refractivity (Wildman–Crippen MR) is 72.9 cm³/mol. The summed E-state index contributed by atoms with van der Waals surface area (Å²) in [4.78, 5) is 11.9. The van der Waals surface area contributed by atoms with E-state index < -0.39 is 0 Å². The highest BCUT2D eigenvalue weighted by molar-refractivity contribution is 5.83. The topological polar surface area (TPSA) is 50.4 Å². The van der Waals surface area contributed by atoms with Crippen LogP contribution in [0.25, 0.3) is 0 Å². The van der Waals surface area contributed by atoms with E-state index in [0.717, 1.165) is 11.3 Å². The summed E-state index contributed by atoms with van der Waals surface area (Å²) in [5, 5.41) is 6.00. The molecule has 1 aromatic rings. The van der Waals surface area contributed by atoms with Gasteiger partial charge in [0, 0.05) is 19.6 Å². The Morgan fingerprint density at radius 2 is 1.89 bits per heavy atom. The summed E-state index contributed by atoms with van der Waals surface area (Å²) >= 11 is 0. The Labute approximate surface area is 109 Å². The number of nitrogens with one attached hydrogen (secondary N) is 2. The maximum atomic E-state index is 11.9. The summed E-state index contributed by atoms with van der Waals surface area (Å²) < 4.78 is 5.12. The van der Waals surface area contributed by atoms with Crippen molar-refractivity contribution in [2.45, 2.75) is 25.8 Å². The van der Waals surface area contributed by atoms with Crippen LogP contribution in [-0.2, 0) is 4.79 Å². The standard InChI is InChI=1S/C14H22N2O2/c1-10(2)16-9-13(14(17)15-3)11-5-7-12(18-4)8-6-11/h5-8,10,13,16H,9H2,1-4H3,(H,15,17). The third-order valence-corrected chi connectivity index (χ3v) is 2.81. The number of benzene rings is 1. The lowest BCUT2D eigenvalue weighted by atomic mass is 9.97. The summed E-state index contributed by atoms with van der Waals surface area (Å²) in [6, 6.07) is 7.97. The average molecular weight is 250 g/mol. The van der Waals surface area contributed by atoms with Crippen LogP contribution in [0.2, 0.25) is 0 Å². The third kappa shape index (κ3) is 4.04. The van der Waals surface area contributed by atoms with E-state index in [9.17, 15) is 4.79 Å². The maximum absolute atomic E-state index is 11.9. The van der Waals surface area contributed by atoms with Crippen molar-refractivity contribution in [2.24, 2.45) is 0 Å². The third-order valence-electron chi connectivity index (χ3n) is 2.81. The van der Waals surface area contributed by atoms with Crippen molar-refractivity contribution in [2.75, 3.05) is 20.7 Å². The van der Waals surface area contributed by atoms with Crippen molar-refractivity contribution in [1.29, 1.82) is 0 Å². The minimum Gasteiger partial charge on any atom is -0.497 e. The minimum atomic E-state index is -0.177. The van der Waals surface area contributed by atoms with Gasteiger partial charge in [-0.05, 0) is 17.7 Å². The summed E-state index contributed by atoms with van der Waals surface area (Å²) in [7, 11) is 3.29. The molecule has 0 saturated heterocycles. The first kappa shape index (κ1) is 14.5. The molecule has 1 atom stereocenters. The zero-order valence-corrected chi connectivity index (χ0v) is 11.5. The molecule has 18 heavy (non-hydrogen) atoms. The molecule has 1 aromatic carbocycles. The Bertz CT molecular complexity index is 374. The monoisotopic (exact) mass is 250 g/mol. The fourth-order valence-corrected chi connectivity index (χ4v) is 1.73. The van der Waals surface area contributed by atoms with Gasteiger partial charge in [0.1, 0.15) is 5.75 Å². The summed E-state index contributed by atoms with van der Waals surface area (Å²) in [5.74, 6) is 0.642. The average Bonchev–Trinajstić information content (AvgIpc) is 2.39. The van der Waals surface area contributed by atoms with Crippen LogP contribution in [-0.4, -0.2) is 32.7 Å². The first-order chi connectivity index (χ1) is 8.58.